The maximum absolute atomic E-state index is 3.74. The van der Waals surface area contributed by atoms with Crippen LogP contribution in [0, 0.1) is 11.3 Å². The summed E-state index contributed by atoms with van der Waals surface area (Å²) in [6.07, 6.45) is 6.78. The van der Waals surface area contributed by atoms with Crippen LogP contribution >= 0.6 is 0 Å². The third-order valence-corrected chi connectivity index (χ3v) is 3.82. The molecule has 1 nitrogen and oxygen atoms in total. The van der Waals surface area contributed by atoms with Crippen molar-refractivity contribution in [2.24, 2.45) is 11.3 Å². The fraction of sp³-hybridized carbons (Fsp3) is 1.00. The maximum Gasteiger partial charge on any atom is 0.00724 e. The fourth-order valence-electron chi connectivity index (χ4n) is 2.52. The van der Waals surface area contributed by atoms with E-state index < -0.39 is 0 Å². The molecule has 1 fully saturated rings. The van der Waals surface area contributed by atoms with Gasteiger partial charge in [0.1, 0.15) is 0 Å². The van der Waals surface area contributed by atoms with Crippen LogP contribution < -0.4 is 5.32 Å². The van der Waals surface area contributed by atoms with Gasteiger partial charge in [-0.3, -0.25) is 0 Å². The summed E-state index contributed by atoms with van der Waals surface area (Å²) in [7, 11) is 0. The van der Waals surface area contributed by atoms with Crippen molar-refractivity contribution in [3.05, 3.63) is 0 Å². The predicted molar refractivity (Wildman–Crippen MR) is 63.5 cm³/mol. The van der Waals surface area contributed by atoms with Crippen LogP contribution in [0.2, 0.25) is 0 Å². The van der Waals surface area contributed by atoms with Gasteiger partial charge < -0.3 is 5.32 Å². The van der Waals surface area contributed by atoms with E-state index in [-0.39, 0.29) is 0 Å². The molecular formula is C13H27N. The van der Waals surface area contributed by atoms with Crippen molar-refractivity contribution in [3.8, 4) is 0 Å². The molecule has 1 heteroatoms. The van der Waals surface area contributed by atoms with Crippen LogP contribution in [0.25, 0.3) is 0 Å². The van der Waals surface area contributed by atoms with Gasteiger partial charge in [0.05, 0.1) is 0 Å². The standard InChI is InChI=1S/C13H27N/c1-5-11(6-2)10-14-12-7-8-13(3,4)9-12/h11-12,14H,5-10H2,1-4H3. The molecule has 1 N–H and O–H groups in total. The number of hydrogen-bond acceptors (Lipinski definition) is 1. The Bertz CT molecular complexity index is 159. The predicted octanol–water partition coefficient (Wildman–Crippen LogP) is 3.59. The van der Waals surface area contributed by atoms with Crippen LogP contribution in [0.5, 0.6) is 0 Å². The van der Waals surface area contributed by atoms with E-state index in [0.717, 1.165) is 12.0 Å². The molecule has 14 heavy (non-hydrogen) atoms. The summed E-state index contributed by atoms with van der Waals surface area (Å²) in [5.41, 5.74) is 0.589. The van der Waals surface area contributed by atoms with Crippen LogP contribution in [-0.2, 0) is 0 Å². The Hall–Kier alpha value is -0.0400. The lowest BCUT2D eigenvalue weighted by molar-refractivity contribution is 0.352. The van der Waals surface area contributed by atoms with E-state index in [1.165, 1.54) is 38.6 Å². The van der Waals surface area contributed by atoms with Crippen molar-refractivity contribution in [1.82, 2.24) is 5.32 Å². The normalized spacial score (nSPS) is 25.9. The highest BCUT2D eigenvalue weighted by Gasteiger charge is 2.30. The molecule has 0 saturated heterocycles. The van der Waals surface area contributed by atoms with Gasteiger partial charge in [0.25, 0.3) is 0 Å². The van der Waals surface area contributed by atoms with Crippen LogP contribution in [-0.4, -0.2) is 12.6 Å². The van der Waals surface area contributed by atoms with Crippen molar-refractivity contribution in [2.75, 3.05) is 6.54 Å². The quantitative estimate of drug-likeness (QED) is 0.710. The molecule has 0 aliphatic heterocycles. The first-order valence-electron chi connectivity index (χ1n) is 6.30. The molecule has 0 spiro atoms. The van der Waals surface area contributed by atoms with E-state index in [1.54, 1.807) is 0 Å². The topological polar surface area (TPSA) is 12.0 Å². The van der Waals surface area contributed by atoms with Crippen LogP contribution in [0.1, 0.15) is 59.8 Å². The van der Waals surface area contributed by atoms with E-state index in [2.05, 4.69) is 33.0 Å². The van der Waals surface area contributed by atoms with Gasteiger partial charge in [-0.2, -0.15) is 0 Å². The molecule has 1 aliphatic carbocycles. The number of hydrogen-bond donors (Lipinski definition) is 1. The monoisotopic (exact) mass is 197 g/mol. The lowest BCUT2D eigenvalue weighted by Gasteiger charge is -2.20. The zero-order valence-corrected chi connectivity index (χ0v) is 10.4. The third kappa shape index (κ3) is 3.61. The number of rotatable bonds is 5. The van der Waals surface area contributed by atoms with Crippen LogP contribution in [0.3, 0.4) is 0 Å². The molecule has 0 aromatic carbocycles. The summed E-state index contributed by atoms with van der Waals surface area (Å²) >= 11 is 0. The van der Waals surface area contributed by atoms with Crippen molar-refractivity contribution >= 4 is 0 Å². The van der Waals surface area contributed by atoms with Gasteiger partial charge >= 0.3 is 0 Å². The molecule has 0 aromatic heterocycles. The minimum Gasteiger partial charge on any atom is -0.314 e. The molecule has 0 bridgehead atoms. The van der Waals surface area contributed by atoms with Crippen molar-refractivity contribution in [2.45, 2.75) is 65.8 Å². The lowest BCUT2D eigenvalue weighted by atomic mass is 9.92. The summed E-state index contributed by atoms with van der Waals surface area (Å²) < 4.78 is 0. The zero-order chi connectivity index (χ0) is 10.6. The van der Waals surface area contributed by atoms with Gasteiger partial charge in [-0.25, -0.2) is 0 Å². The first-order valence-corrected chi connectivity index (χ1v) is 6.30. The SMILES string of the molecule is CCC(CC)CNC1CCC(C)(C)C1. The molecule has 1 saturated carbocycles. The summed E-state index contributed by atoms with van der Waals surface area (Å²) in [5.74, 6) is 0.888. The van der Waals surface area contributed by atoms with Gasteiger partial charge in [-0.15, -0.1) is 0 Å². The Kier molecular flexibility index (Phi) is 4.43. The number of nitrogens with one attached hydrogen (secondary N) is 1. The first-order chi connectivity index (χ1) is 6.57. The Balaban J connectivity index is 2.20. The molecule has 1 unspecified atom stereocenters. The van der Waals surface area contributed by atoms with Crippen LogP contribution in [0.15, 0.2) is 0 Å². The second-order valence-electron chi connectivity index (χ2n) is 5.69. The summed E-state index contributed by atoms with van der Waals surface area (Å²) in [4.78, 5) is 0. The Morgan fingerprint density at radius 2 is 1.93 bits per heavy atom. The maximum atomic E-state index is 3.74. The Labute approximate surface area is 89.7 Å². The van der Waals surface area contributed by atoms with Crippen molar-refractivity contribution in [1.29, 1.82) is 0 Å². The van der Waals surface area contributed by atoms with Crippen LogP contribution in [0.4, 0.5) is 0 Å². The molecule has 0 radical (unpaired) electrons. The third-order valence-electron chi connectivity index (χ3n) is 3.82. The average Bonchev–Trinajstić information content (AvgIpc) is 2.47. The molecule has 0 amide bonds. The molecule has 1 rings (SSSR count). The molecule has 1 aliphatic rings. The molecule has 1 atom stereocenters. The van der Waals surface area contributed by atoms with E-state index >= 15 is 0 Å². The highest BCUT2D eigenvalue weighted by Crippen LogP contribution is 2.36. The van der Waals surface area contributed by atoms with E-state index in [9.17, 15) is 0 Å². The van der Waals surface area contributed by atoms with Gasteiger partial charge in [0, 0.05) is 6.04 Å². The summed E-state index contributed by atoms with van der Waals surface area (Å²) in [6, 6.07) is 0.797. The van der Waals surface area contributed by atoms with Gasteiger partial charge in [-0.05, 0) is 37.1 Å². The molecule has 0 heterocycles. The second-order valence-corrected chi connectivity index (χ2v) is 5.69. The first kappa shape index (κ1) is 12.0. The highest BCUT2D eigenvalue weighted by atomic mass is 14.9. The second kappa shape index (κ2) is 5.16. The molecule has 84 valence electrons. The zero-order valence-electron chi connectivity index (χ0n) is 10.4. The van der Waals surface area contributed by atoms with E-state index in [0.29, 0.717) is 5.41 Å². The molecule has 0 aromatic rings. The Morgan fingerprint density at radius 1 is 1.29 bits per heavy atom. The largest absolute Gasteiger partial charge is 0.314 e. The van der Waals surface area contributed by atoms with Crippen molar-refractivity contribution < 1.29 is 0 Å². The minimum atomic E-state index is 0.589. The van der Waals surface area contributed by atoms with E-state index in [4.69, 9.17) is 0 Å². The summed E-state index contributed by atoms with van der Waals surface area (Å²) in [6.45, 7) is 10.6. The molecular weight excluding hydrogens is 170 g/mol. The summed E-state index contributed by atoms with van der Waals surface area (Å²) in [5, 5.41) is 3.74. The fourth-order valence-corrected chi connectivity index (χ4v) is 2.52. The average molecular weight is 197 g/mol. The van der Waals surface area contributed by atoms with Crippen molar-refractivity contribution in [3.63, 3.8) is 0 Å². The Morgan fingerprint density at radius 3 is 2.36 bits per heavy atom. The lowest BCUT2D eigenvalue weighted by Crippen LogP contribution is -2.31. The van der Waals surface area contributed by atoms with E-state index in [1.807, 2.05) is 0 Å². The van der Waals surface area contributed by atoms with Gasteiger partial charge in [0.15, 0.2) is 0 Å². The van der Waals surface area contributed by atoms with Gasteiger partial charge in [-0.1, -0.05) is 40.5 Å². The minimum absolute atomic E-state index is 0.589. The van der Waals surface area contributed by atoms with Gasteiger partial charge in [0.2, 0.25) is 0 Å². The smallest absolute Gasteiger partial charge is 0.00724 e. The highest BCUT2D eigenvalue weighted by molar-refractivity contribution is 4.86.